The minimum atomic E-state index is -0.237. The van der Waals surface area contributed by atoms with Gasteiger partial charge in [0.25, 0.3) is 5.91 Å². The molecule has 1 amide bonds. The summed E-state index contributed by atoms with van der Waals surface area (Å²) >= 11 is 0. The van der Waals surface area contributed by atoms with Crippen LogP contribution in [0.3, 0.4) is 0 Å². The molecule has 0 aliphatic carbocycles. The van der Waals surface area contributed by atoms with Crippen molar-refractivity contribution in [2.75, 3.05) is 13.2 Å². The summed E-state index contributed by atoms with van der Waals surface area (Å²) in [6.07, 6.45) is 4.37. The molecule has 1 aliphatic rings. The summed E-state index contributed by atoms with van der Waals surface area (Å²) < 4.78 is 5.50. The summed E-state index contributed by atoms with van der Waals surface area (Å²) in [7, 11) is 0. The van der Waals surface area contributed by atoms with Crippen LogP contribution in [0, 0.1) is 0 Å². The maximum absolute atomic E-state index is 12.4. The molecule has 0 spiro atoms. The summed E-state index contributed by atoms with van der Waals surface area (Å²) in [5.41, 5.74) is 8.06. The number of hydrazone groups is 1. The summed E-state index contributed by atoms with van der Waals surface area (Å²) in [6.45, 7) is 6.97. The maximum Gasteiger partial charge on any atom is 0.271 e. The van der Waals surface area contributed by atoms with Crippen molar-refractivity contribution >= 4 is 12.1 Å². The predicted octanol–water partition coefficient (Wildman–Crippen LogP) is 4.57. The van der Waals surface area contributed by atoms with Crippen LogP contribution in [0.4, 0.5) is 0 Å². The molecule has 32 heavy (non-hydrogen) atoms. The second-order valence-corrected chi connectivity index (χ2v) is 7.80. The fourth-order valence-electron chi connectivity index (χ4n) is 3.78. The quantitative estimate of drug-likeness (QED) is 0.327. The number of amides is 1. The van der Waals surface area contributed by atoms with Gasteiger partial charge in [-0.15, -0.1) is 0 Å². The van der Waals surface area contributed by atoms with Crippen molar-refractivity contribution in [3.05, 3.63) is 113 Å². The molecular weight excluding hydrogens is 398 g/mol. The number of benzene rings is 3. The summed E-state index contributed by atoms with van der Waals surface area (Å²) in [5, 5.41) is 4.07. The van der Waals surface area contributed by atoms with Crippen LogP contribution in [0.25, 0.3) is 0 Å². The Morgan fingerprint density at radius 2 is 1.88 bits per heavy atom. The first-order valence-corrected chi connectivity index (χ1v) is 10.8. The second kappa shape index (κ2) is 10.6. The van der Waals surface area contributed by atoms with Gasteiger partial charge in [-0.1, -0.05) is 61.2 Å². The van der Waals surface area contributed by atoms with Gasteiger partial charge in [-0.3, -0.25) is 9.69 Å². The predicted molar refractivity (Wildman–Crippen MR) is 128 cm³/mol. The van der Waals surface area contributed by atoms with E-state index in [9.17, 15) is 4.79 Å². The number of hydrogen-bond acceptors (Lipinski definition) is 4. The van der Waals surface area contributed by atoms with Crippen LogP contribution in [0.15, 0.2) is 90.6 Å². The van der Waals surface area contributed by atoms with Crippen molar-refractivity contribution in [2.45, 2.75) is 19.5 Å². The highest BCUT2D eigenvalue weighted by atomic mass is 16.5. The number of fused-ring (bicyclic) bond motifs is 1. The van der Waals surface area contributed by atoms with Crippen molar-refractivity contribution < 1.29 is 9.53 Å². The van der Waals surface area contributed by atoms with Gasteiger partial charge in [0.05, 0.1) is 6.21 Å². The Morgan fingerprint density at radius 3 is 2.69 bits per heavy atom. The first-order chi connectivity index (χ1) is 15.7. The normalized spacial score (nSPS) is 13.5. The largest absolute Gasteiger partial charge is 0.490 e. The second-order valence-electron chi connectivity index (χ2n) is 7.80. The molecule has 3 aromatic rings. The number of ether oxygens (including phenoxy) is 1. The Labute approximate surface area is 189 Å². The molecule has 3 aromatic carbocycles. The Morgan fingerprint density at radius 1 is 1.06 bits per heavy atom. The first-order valence-electron chi connectivity index (χ1n) is 10.8. The molecule has 1 N–H and O–H groups in total. The van der Waals surface area contributed by atoms with Crippen molar-refractivity contribution in [2.24, 2.45) is 5.10 Å². The van der Waals surface area contributed by atoms with Gasteiger partial charge >= 0.3 is 0 Å². The molecule has 0 radical (unpaired) electrons. The highest BCUT2D eigenvalue weighted by molar-refractivity contribution is 5.94. The fourth-order valence-corrected chi connectivity index (χ4v) is 3.78. The maximum atomic E-state index is 12.4. The Bertz CT molecular complexity index is 1110. The van der Waals surface area contributed by atoms with E-state index in [4.69, 9.17) is 4.74 Å². The lowest BCUT2D eigenvalue weighted by atomic mass is 9.99. The fraction of sp³-hybridized carbons (Fsp3) is 0.185. The van der Waals surface area contributed by atoms with E-state index in [0.717, 1.165) is 37.4 Å². The lowest BCUT2D eigenvalue weighted by Crippen LogP contribution is -2.30. The highest BCUT2D eigenvalue weighted by Gasteiger charge is 2.15. The van der Waals surface area contributed by atoms with E-state index in [1.807, 2.05) is 48.5 Å². The Kier molecular flexibility index (Phi) is 7.10. The van der Waals surface area contributed by atoms with E-state index in [1.165, 1.54) is 16.7 Å². The molecule has 4 rings (SSSR count). The molecule has 5 nitrogen and oxygen atoms in total. The molecule has 5 heteroatoms. The molecule has 0 bridgehead atoms. The lowest BCUT2D eigenvalue weighted by Gasteiger charge is -2.28. The Hall–Kier alpha value is -3.70. The van der Waals surface area contributed by atoms with E-state index >= 15 is 0 Å². The average molecular weight is 426 g/mol. The van der Waals surface area contributed by atoms with Crippen LogP contribution >= 0.6 is 0 Å². The number of rotatable bonds is 8. The van der Waals surface area contributed by atoms with Gasteiger partial charge < -0.3 is 4.74 Å². The molecule has 0 saturated carbocycles. The lowest BCUT2D eigenvalue weighted by molar-refractivity contribution is 0.0955. The van der Waals surface area contributed by atoms with Crippen LogP contribution in [0.1, 0.15) is 32.6 Å². The molecule has 1 heterocycles. The SMILES string of the molecule is C=CCOc1cccc(/C=N/NC(=O)c2ccc(CN3CCc4ccccc4C3)cc2)c1. The third-order valence-electron chi connectivity index (χ3n) is 5.44. The third-order valence-corrected chi connectivity index (χ3v) is 5.44. The van der Waals surface area contributed by atoms with Crippen molar-refractivity contribution in [1.82, 2.24) is 10.3 Å². The van der Waals surface area contributed by atoms with E-state index < -0.39 is 0 Å². The topological polar surface area (TPSA) is 53.9 Å². The first kappa shape index (κ1) is 21.5. The molecule has 0 saturated heterocycles. The van der Waals surface area contributed by atoms with E-state index in [1.54, 1.807) is 12.3 Å². The zero-order valence-corrected chi connectivity index (χ0v) is 18.0. The van der Waals surface area contributed by atoms with Crippen LogP contribution in [-0.2, 0) is 19.5 Å². The molecule has 1 aliphatic heterocycles. The minimum Gasteiger partial charge on any atom is -0.490 e. The monoisotopic (exact) mass is 425 g/mol. The molecule has 0 aromatic heterocycles. The van der Waals surface area contributed by atoms with Crippen LogP contribution in [0.5, 0.6) is 5.75 Å². The average Bonchev–Trinajstić information content (AvgIpc) is 2.83. The van der Waals surface area contributed by atoms with E-state index in [-0.39, 0.29) is 5.91 Å². The van der Waals surface area contributed by atoms with Crippen molar-refractivity contribution in [1.29, 1.82) is 0 Å². The highest BCUT2D eigenvalue weighted by Crippen LogP contribution is 2.20. The number of carbonyl (C=O) groups is 1. The summed E-state index contributed by atoms with van der Waals surface area (Å²) in [5.74, 6) is 0.492. The zero-order chi connectivity index (χ0) is 22.2. The molecular formula is C27H27N3O2. The van der Waals surface area contributed by atoms with Gasteiger partial charge in [-0.2, -0.15) is 5.10 Å². The van der Waals surface area contributed by atoms with Crippen LogP contribution in [0.2, 0.25) is 0 Å². The summed E-state index contributed by atoms with van der Waals surface area (Å²) in [4.78, 5) is 14.8. The third kappa shape index (κ3) is 5.71. The Balaban J connectivity index is 1.30. The van der Waals surface area contributed by atoms with Gasteiger partial charge in [0.2, 0.25) is 0 Å². The standard InChI is InChI=1S/C27H27N3O2/c1-2-16-32-26-9-5-6-22(17-26)18-28-29-27(31)24-12-10-21(11-13-24)19-30-15-14-23-7-3-4-8-25(23)20-30/h2-13,17-18H,1,14-16,19-20H2,(H,29,31)/b28-18+. The van der Waals surface area contributed by atoms with Gasteiger partial charge in [-0.25, -0.2) is 5.43 Å². The minimum absolute atomic E-state index is 0.237. The van der Waals surface area contributed by atoms with Crippen LogP contribution < -0.4 is 10.2 Å². The summed E-state index contributed by atoms with van der Waals surface area (Å²) in [6, 6.07) is 23.9. The number of hydrogen-bond donors (Lipinski definition) is 1. The molecule has 0 fully saturated rings. The van der Waals surface area contributed by atoms with E-state index in [2.05, 4.69) is 46.3 Å². The van der Waals surface area contributed by atoms with Crippen LogP contribution in [-0.4, -0.2) is 30.2 Å². The molecule has 0 atom stereocenters. The smallest absolute Gasteiger partial charge is 0.271 e. The number of nitrogens with one attached hydrogen (secondary N) is 1. The number of carbonyl (C=O) groups excluding carboxylic acids is 1. The molecule has 162 valence electrons. The van der Waals surface area contributed by atoms with Gasteiger partial charge in [0, 0.05) is 25.2 Å². The zero-order valence-electron chi connectivity index (χ0n) is 18.0. The van der Waals surface area contributed by atoms with Gasteiger partial charge in [-0.05, 0) is 52.9 Å². The van der Waals surface area contributed by atoms with E-state index in [0.29, 0.717) is 12.2 Å². The van der Waals surface area contributed by atoms with Crippen molar-refractivity contribution in [3.63, 3.8) is 0 Å². The van der Waals surface area contributed by atoms with Gasteiger partial charge in [0.15, 0.2) is 0 Å². The van der Waals surface area contributed by atoms with Crippen molar-refractivity contribution in [3.8, 4) is 5.75 Å². The molecule has 0 unspecified atom stereocenters. The number of nitrogens with zero attached hydrogens (tertiary/aromatic N) is 2. The van der Waals surface area contributed by atoms with Gasteiger partial charge in [0.1, 0.15) is 12.4 Å².